The molecule has 0 bridgehead atoms. The van der Waals surface area contributed by atoms with E-state index in [9.17, 15) is 5.11 Å². The lowest BCUT2D eigenvalue weighted by molar-refractivity contribution is 0.474. The summed E-state index contributed by atoms with van der Waals surface area (Å²) in [6, 6.07) is 8.28. The average molecular weight is 205 g/mol. The third-order valence-corrected chi connectivity index (χ3v) is 3.26. The Kier molecular flexibility index (Phi) is 3.27. The minimum Gasteiger partial charge on any atom is -0.508 e. The Morgan fingerprint density at radius 3 is 2.73 bits per heavy atom. The highest BCUT2D eigenvalue weighted by Gasteiger charge is 2.17. The van der Waals surface area contributed by atoms with E-state index in [1.54, 1.807) is 12.1 Å². The lowest BCUT2D eigenvalue weighted by atomic mass is 9.93. The molecule has 1 aliphatic heterocycles. The van der Waals surface area contributed by atoms with E-state index in [-0.39, 0.29) is 0 Å². The first-order chi connectivity index (χ1) is 7.25. The summed E-state index contributed by atoms with van der Waals surface area (Å²) in [6.07, 6.45) is 3.82. The van der Waals surface area contributed by atoms with Gasteiger partial charge in [0.1, 0.15) is 5.75 Å². The van der Waals surface area contributed by atoms with Gasteiger partial charge >= 0.3 is 0 Å². The predicted molar refractivity (Wildman–Crippen MR) is 62.2 cm³/mol. The number of phenolic OH excluding ortho intramolecular Hbond substituents is 1. The second kappa shape index (κ2) is 4.67. The summed E-state index contributed by atoms with van der Waals surface area (Å²) in [5.74, 6) is 0.922. The molecule has 0 spiro atoms. The van der Waals surface area contributed by atoms with Crippen LogP contribution in [-0.2, 0) is 0 Å². The maximum absolute atomic E-state index is 9.21. The van der Waals surface area contributed by atoms with E-state index in [0.717, 1.165) is 0 Å². The first-order valence-electron chi connectivity index (χ1n) is 5.78. The fraction of sp³-hybridized carbons (Fsp3) is 0.538. The number of hydrogen-bond acceptors (Lipinski definition) is 2. The SMILES string of the molecule is CC(CC1CCCN1)c1ccc(O)cc1. The molecule has 2 heteroatoms. The maximum Gasteiger partial charge on any atom is 0.115 e. The first-order valence-corrected chi connectivity index (χ1v) is 5.78. The van der Waals surface area contributed by atoms with Gasteiger partial charge in [0.25, 0.3) is 0 Å². The van der Waals surface area contributed by atoms with Crippen molar-refractivity contribution in [3.8, 4) is 5.75 Å². The zero-order valence-electron chi connectivity index (χ0n) is 9.24. The first kappa shape index (κ1) is 10.5. The van der Waals surface area contributed by atoms with Gasteiger partial charge in [0.2, 0.25) is 0 Å². The number of hydrogen-bond donors (Lipinski definition) is 2. The maximum atomic E-state index is 9.21. The largest absolute Gasteiger partial charge is 0.508 e. The lowest BCUT2D eigenvalue weighted by Gasteiger charge is -2.17. The van der Waals surface area contributed by atoms with Crippen LogP contribution in [0.2, 0.25) is 0 Å². The molecule has 0 radical (unpaired) electrons. The average Bonchev–Trinajstić information content (AvgIpc) is 2.71. The molecule has 0 aromatic heterocycles. The van der Waals surface area contributed by atoms with Gasteiger partial charge in [-0.05, 0) is 49.4 Å². The number of aromatic hydroxyl groups is 1. The molecule has 1 saturated heterocycles. The topological polar surface area (TPSA) is 32.3 Å². The summed E-state index contributed by atoms with van der Waals surface area (Å²) in [5, 5.41) is 12.7. The van der Waals surface area contributed by atoms with E-state index in [0.29, 0.717) is 17.7 Å². The van der Waals surface area contributed by atoms with Crippen molar-refractivity contribution in [3.63, 3.8) is 0 Å². The van der Waals surface area contributed by atoms with Crippen LogP contribution < -0.4 is 5.32 Å². The smallest absolute Gasteiger partial charge is 0.115 e. The van der Waals surface area contributed by atoms with E-state index in [1.165, 1.54) is 31.4 Å². The molecule has 2 atom stereocenters. The molecule has 2 unspecified atom stereocenters. The number of phenols is 1. The summed E-state index contributed by atoms with van der Waals surface area (Å²) in [6.45, 7) is 3.43. The van der Waals surface area contributed by atoms with Crippen LogP contribution in [0.25, 0.3) is 0 Å². The fourth-order valence-corrected chi connectivity index (χ4v) is 2.32. The standard InChI is InChI=1S/C13H19NO/c1-10(9-12-3-2-8-14-12)11-4-6-13(15)7-5-11/h4-7,10,12,14-15H,2-3,8-9H2,1H3. The lowest BCUT2D eigenvalue weighted by Crippen LogP contribution is -2.22. The van der Waals surface area contributed by atoms with Crippen molar-refractivity contribution >= 4 is 0 Å². The van der Waals surface area contributed by atoms with Crippen LogP contribution >= 0.6 is 0 Å². The second-order valence-electron chi connectivity index (χ2n) is 4.52. The van der Waals surface area contributed by atoms with Gasteiger partial charge in [-0.1, -0.05) is 19.1 Å². The van der Waals surface area contributed by atoms with Gasteiger partial charge in [0, 0.05) is 6.04 Å². The highest BCUT2D eigenvalue weighted by Crippen LogP contribution is 2.25. The Balaban J connectivity index is 1.94. The molecule has 2 nitrogen and oxygen atoms in total. The van der Waals surface area contributed by atoms with E-state index in [4.69, 9.17) is 0 Å². The molecule has 1 heterocycles. The summed E-state index contributed by atoms with van der Waals surface area (Å²) >= 11 is 0. The summed E-state index contributed by atoms with van der Waals surface area (Å²) in [7, 11) is 0. The van der Waals surface area contributed by atoms with Crippen LogP contribution in [0.3, 0.4) is 0 Å². The second-order valence-corrected chi connectivity index (χ2v) is 4.52. The van der Waals surface area contributed by atoms with Gasteiger partial charge in [-0.15, -0.1) is 0 Å². The minimum absolute atomic E-state index is 0.352. The molecule has 2 rings (SSSR count). The van der Waals surface area contributed by atoms with Gasteiger partial charge in [0.15, 0.2) is 0 Å². The fourth-order valence-electron chi connectivity index (χ4n) is 2.32. The van der Waals surface area contributed by atoms with Crippen molar-refractivity contribution in [2.75, 3.05) is 6.54 Å². The van der Waals surface area contributed by atoms with Crippen molar-refractivity contribution in [2.24, 2.45) is 0 Å². The summed E-state index contributed by atoms with van der Waals surface area (Å²) in [5.41, 5.74) is 1.32. The Morgan fingerprint density at radius 2 is 2.13 bits per heavy atom. The Morgan fingerprint density at radius 1 is 1.40 bits per heavy atom. The molecule has 1 fully saturated rings. The molecule has 1 aromatic rings. The van der Waals surface area contributed by atoms with Gasteiger partial charge in [-0.25, -0.2) is 0 Å². The number of nitrogens with one attached hydrogen (secondary N) is 1. The van der Waals surface area contributed by atoms with Crippen LogP contribution in [0.1, 0.15) is 37.7 Å². The van der Waals surface area contributed by atoms with Gasteiger partial charge in [-0.2, -0.15) is 0 Å². The van der Waals surface area contributed by atoms with E-state index >= 15 is 0 Å². The molecule has 1 aromatic carbocycles. The van der Waals surface area contributed by atoms with Crippen LogP contribution in [-0.4, -0.2) is 17.7 Å². The Hall–Kier alpha value is -1.02. The van der Waals surface area contributed by atoms with E-state index in [1.807, 2.05) is 12.1 Å². The van der Waals surface area contributed by atoms with E-state index in [2.05, 4.69) is 12.2 Å². The molecule has 0 amide bonds. The van der Waals surface area contributed by atoms with Crippen LogP contribution in [0.5, 0.6) is 5.75 Å². The normalized spacial score (nSPS) is 22.9. The predicted octanol–water partition coefficient (Wildman–Crippen LogP) is 2.64. The monoisotopic (exact) mass is 205 g/mol. The molecule has 0 saturated carbocycles. The molecule has 0 aliphatic carbocycles. The van der Waals surface area contributed by atoms with Crippen molar-refractivity contribution in [1.82, 2.24) is 5.32 Å². The highest BCUT2D eigenvalue weighted by atomic mass is 16.3. The molecule has 15 heavy (non-hydrogen) atoms. The number of benzene rings is 1. The van der Waals surface area contributed by atoms with Crippen LogP contribution in [0.15, 0.2) is 24.3 Å². The zero-order chi connectivity index (χ0) is 10.7. The quantitative estimate of drug-likeness (QED) is 0.795. The highest BCUT2D eigenvalue weighted by molar-refractivity contribution is 5.28. The van der Waals surface area contributed by atoms with Crippen molar-refractivity contribution in [3.05, 3.63) is 29.8 Å². The summed E-state index contributed by atoms with van der Waals surface area (Å²) in [4.78, 5) is 0. The molecular weight excluding hydrogens is 186 g/mol. The zero-order valence-corrected chi connectivity index (χ0v) is 9.24. The molecule has 1 aliphatic rings. The van der Waals surface area contributed by atoms with Gasteiger partial charge in [0.05, 0.1) is 0 Å². The van der Waals surface area contributed by atoms with E-state index < -0.39 is 0 Å². The third-order valence-electron chi connectivity index (χ3n) is 3.26. The van der Waals surface area contributed by atoms with Crippen molar-refractivity contribution in [2.45, 2.75) is 38.1 Å². The van der Waals surface area contributed by atoms with Crippen LogP contribution in [0, 0.1) is 0 Å². The molecule has 2 N–H and O–H groups in total. The Bertz CT molecular complexity index is 301. The third kappa shape index (κ3) is 2.72. The van der Waals surface area contributed by atoms with Crippen molar-refractivity contribution in [1.29, 1.82) is 0 Å². The Labute approximate surface area is 91.3 Å². The van der Waals surface area contributed by atoms with Crippen molar-refractivity contribution < 1.29 is 5.11 Å². The minimum atomic E-state index is 0.352. The van der Waals surface area contributed by atoms with Gasteiger partial charge in [-0.3, -0.25) is 0 Å². The van der Waals surface area contributed by atoms with Crippen LogP contribution in [0.4, 0.5) is 0 Å². The summed E-state index contributed by atoms with van der Waals surface area (Å²) < 4.78 is 0. The molecular formula is C13H19NO. The molecule has 82 valence electrons. The van der Waals surface area contributed by atoms with Gasteiger partial charge < -0.3 is 10.4 Å². The number of rotatable bonds is 3.